The Hall–Kier alpha value is -5.20. The number of benzene rings is 3. The van der Waals surface area contributed by atoms with Crippen molar-refractivity contribution in [3.63, 3.8) is 0 Å². The van der Waals surface area contributed by atoms with Crippen LogP contribution in [0.5, 0.6) is 5.75 Å². The molecular weight excluding hydrogens is 560 g/mol. The number of allylic oxidation sites excluding steroid dienone is 1. The van der Waals surface area contributed by atoms with Crippen LogP contribution in [0.3, 0.4) is 0 Å². The van der Waals surface area contributed by atoms with Crippen molar-refractivity contribution >= 4 is 34.3 Å². The van der Waals surface area contributed by atoms with E-state index in [-0.39, 0.29) is 12.2 Å². The summed E-state index contributed by atoms with van der Waals surface area (Å²) in [5.74, 6) is 0.169. The average molecular weight is 589 g/mol. The number of hydrogen-bond acceptors (Lipinski definition) is 7. The molecule has 1 aliphatic heterocycles. The molecule has 0 fully saturated rings. The van der Waals surface area contributed by atoms with Gasteiger partial charge in [0.1, 0.15) is 5.75 Å². The van der Waals surface area contributed by atoms with E-state index < -0.39 is 12.0 Å². The van der Waals surface area contributed by atoms with Crippen LogP contribution in [0.2, 0.25) is 0 Å². The third kappa shape index (κ3) is 5.07. The molecule has 0 unspecified atom stereocenters. The molecule has 5 aromatic rings. The maximum absolute atomic E-state index is 14.1. The minimum Gasteiger partial charge on any atom is -0.497 e. The van der Waals surface area contributed by atoms with Gasteiger partial charge in [0, 0.05) is 29.2 Å². The first-order chi connectivity index (χ1) is 20.9. The molecule has 214 valence electrons. The lowest BCUT2D eigenvalue weighted by molar-refractivity contribution is -0.139. The van der Waals surface area contributed by atoms with Gasteiger partial charge in [-0.05, 0) is 55.3 Å². The first-order valence-electron chi connectivity index (χ1n) is 13.8. The van der Waals surface area contributed by atoms with E-state index in [0.29, 0.717) is 38.5 Å². The van der Waals surface area contributed by atoms with Crippen molar-refractivity contribution in [3.8, 4) is 11.8 Å². The SMILES string of the molecule is CCOC(=O)C1=C(C)N=c2sc(=Cc3cn(Cc4ccccc4C#N)c4ccccc34)c(=O)n2[C@@H]1c1ccc(OC)cc1. The first kappa shape index (κ1) is 27.9. The number of carbonyl (C=O) groups is 1. The number of hydrogen-bond donors (Lipinski definition) is 0. The standard InChI is InChI=1S/C34H28N4O4S/c1-4-42-33(40)30-21(2)36-34-38(31(30)22-13-15-26(41-3)16-14-22)32(39)29(43-34)17-25-20-37(28-12-8-7-11-27(25)28)19-24-10-6-5-9-23(24)18-35/h5-17,20,31H,4,19H2,1-3H3/t31-/m1/s1. The predicted molar refractivity (Wildman–Crippen MR) is 166 cm³/mol. The zero-order chi connectivity index (χ0) is 30.1. The number of methoxy groups -OCH3 is 1. The van der Waals surface area contributed by atoms with Crippen molar-refractivity contribution in [1.82, 2.24) is 9.13 Å². The van der Waals surface area contributed by atoms with Gasteiger partial charge in [-0.2, -0.15) is 5.26 Å². The summed E-state index contributed by atoms with van der Waals surface area (Å²) in [7, 11) is 1.59. The molecule has 3 heterocycles. The number of carbonyl (C=O) groups excluding carboxylic acids is 1. The number of ether oxygens (including phenoxy) is 2. The van der Waals surface area contributed by atoms with Crippen LogP contribution in [-0.2, 0) is 16.1 Å². The van der Waals surface area contributed by atoms with Crippen LogP contribution in [0, 0.1) is 11.3 Å². The molecule has 0 N–H and O–H groups in total. The van der Waals surface area contributed by atoms with Crippen LogP contribution in [0.25, 0.3) is 17.0 Å². The van der Waals surface area contributed by atoms with E-state index in [1.54, 1.807) is 25.5 Å². The summed E-state index contributed by atoms with van der Waals surface area (Å²) in [6.45, 7) is 4.24. The number of para-hydroxylation sites is 1. The van der Waals surface area contributed by atoms with E-state index in [2.05, 4.69) is 15.6 Å². The van der Waals surface area contributed by atoms with Gasteiger partial charge < -0.3 is 14.0 Å². The Morgan fingerprint density at radius 2 is 1.84 bits per heavy atom. The molecule has 0 amide bonds. The highest BCUT2D eigenvalue weighted by atomic mass is 32.1. The third-order valence-corrected chi connectivity index (χ3v) is 8.52. The van der Waals surface area contributed by atoms with Crippen LogP contribution < -0.4 is 19.6 Å². The van der Waals surface area contributed by atoms with Crippen molar-refractivity contribution in [1.29, 1.82) is 5.26 Å². The van der Waals surface area contributed by atoms with Gasteiger partial charge in [0.15, 0.2) is 4.80 Å². The summed E-state index contributed by atoms with van der Waals surface area (Å²) in [4.78, 5) is 32.5. The van der Waals surface area contributed by atoms with E-state index in [0.717, 1.165) is 27.6 Å². The Bertz CT molecular complexity index is 2130. The van der Waals surface area contributed by atoms with Crippen LogP contribution in [0.15, 0.2) is 100 Å². The van der Waals surface area contributed by atoms with Crippen molar-refractivity contribution in [2.45, 2.75) is 26.4 Å². The molecule has 8 nitrogen and oxygen atoms in total. The smallest absolute Gasteiger partial charge is 0.338 e. The molecule has 0 bridgehead atoms. The zero-order valence-corrected chi connectivity index (χ0v) is 24.7. The second-order valence-electron chi connectivity index (χ2n) is 10.1. The van der Waals surface area contributed by atoms with E-state index in [1.807, 2.05) is 85.1 Å². The minimum atomic E-state index is -0.702. The molecule has 0 spiro atoms. The topological polar surface area (TPSA) is 98.6 Å². The van der Waals surface area contributed by atoms with Gasteiger partial charge in [0.05, 0.1) is 47.2 Å². The molecule has 9 heteroatoms. The zero-order valence-electron chi connectivity index (χ0n) is 23.9. The largest absolute Gasteiger partial charge is 0.497 e. The molecule has 0 saturated carbocycles. The van der Waals surface area contributed by atoms with Gasteiger partial charge >= 0.3 is 5.97 Å². The van der Waals surface area contributed by atoms with Crippen LogP contribution >= 0.6 is 11.3 Å². The molecule has 0 aliphatic carbocycles. The Kier molecular flexibility index (Phi) is 7.53. The highest BCUT2D eigenvalue weighted by Crippen LogP contribution is 2.32. The predicted octanol–water partition coefficient (Wildman–Crippen LogP) is 4.68. The summed E-state index contributed by atoms with van der Waals surface area (Å²) in [6.07, 6.45) is 3.89. The summed E-state index contributed by atoms with van der Waals surface area (Å²) in [5, 5.41) is 10.6. The Morgan fingerprint density at radius 1 is 1.09 bits per heavy atom. The maximum Gasteiger partial charge on any atom is 0.338 e. The highest BCUT2D eigenvalue weighted by Gasteiger charge is 2.33. The monoisotopic (exact) mass is 588 g/mol. The number of aromatic nitrogens is 2. The van der Waals surface area contributed by atoms with Crippen molar-refractivity contribution in [2.75, 3.05) is 13.7 Å². The summed E-state index contributed by atoms with van der Waals surface area (Å²) >= 11 is 1.29. The van der Waals surface area contributed by atoms with Crippen LogP contribution in [0.1, 0.15) is 42.1 Å². The lowest BCUT2D eigenvalue weighted by Gasteiger charge is -2.24. The van der Waals surface area contributed by atoms with Crippen molar-refractivity contribution in [3.05, 3.63) is 132 Å². The van der Waals surface area contributed by atoms with Gasteiger partial charge in [-0.1, -0.05) is 59.9 Å². The second-order valence-corrected chi connectivity index (χ2v) is 11.1. The van der Waals surface area contributed by atoms with E-state index >= 15 is 0 Å². The molecule has 0 saturated heterocycles. The van der Waals surface area contributed by atoms with Gasteiger partial charge in [-0.25, -0.2) is 9.79 Å². The minimum absolute atomic E-state index is 0.207. The Labute approximate surface area is 251 Å². The summed E-state index contributed by atoms with van der Waals surface area (Å²) in [6, 6.07) is 24.4. The van der Waals surface area contributed by atoms with E-state index in [1.165, 1.54) is 11.3 Å². The molecule has 0 radical (unpaired) electrons. The number of nitriles is 1. The normalized spacial score (nSPS) is 14.7. The maximum atomic E-state index is 14.1. The van der Waals surface area contributed by atoms with Gasteiger partial charge in [0.25, 0.3) is 5.56 Å². The van der Waals surface area contributed by atoms with Crippen molar-refractivity contribution < 1.29 is 14.3 Å². The van der Waals surface area contributed by atoms with Crippen LogP contribution in [-0.4, -0.2) is 28.8 Å². The second kappa shape index (κ2) is 11.6. The molecule has 3 aromatic carbocycles. The van der Waals surface area contributed by atoms with Gasteiger partial charge in [-0.3, -0.25) is 9.36 Å². The molecular formula is C34H28N4O4S. The number of rotatable bonds is 7. The summed E-state index contributed by atoms with van der Waals surface area (Å²) in [5.41, 5.74) is 4.76. The van der Waals surface area contributed by atoms with Crippen molar-refractivity contribution in [2.24, 2.45) is 4.99 Å². The average Bonchev–Trinajstić information content (AvgIpc) is 3.53. The summed E-state index contributed by atoms with van der Waals surface area (Å²) < 4.78 is 14.9. The Balaban J connectivity index is 1.51. The lowest BCUT2D eigenvalue weighted by atomic mass is 9.96. The fraction of sp³-hybridized carbons (Fsp3) is 0.176. The fourth-order valence-electron chi connectivity index (χ4n) is 5.51. The fourth-order valence-corrected chi connectivity index (χ4v) is 6.54. The molecule has 2 aromatic heterocycles. The van der Waals surface area contributed by atoms with Gasteiger partial charge in [0.2, 0.25) is 0 Å². The Morgan fingerprint density at radius 3 is 2.58 bits per heavy atom. The van der Waals surface area contributed by atoms with E-state index in [4.69, 9.17) is 9.47 Å². The first-order valence-corrected chi connectivity index (χ1v) is 14.6. The number of thiazole rings is 1. The number of fused-ring (bicyclic) bond motifs is 2. The lowest BCUT2D eigenvalue weighted by Crippen LogP contribution is -2.39. The van der Waals surface area contributed by atoms with E-state index in [9.17, 15) is 14.9 Å². The van der Waals surface area contributed by atoms with Gasteiger partial charge in [-0.15, -0.1) is 0 Å². The molecule has 1 aliphatic rings. The molecule has 43 heavy (non-hydrogen) atoms. The highest BCUT2D eigenvalue weighted by molar-refractivity contribution is 7.07. The molecule has 1 atom stereocenters. The number of nitrogens with zero attached hydrogens (tertiary/aromatic N) is 4. The van der Waals surface area contributed by atoms with Crippen LogP contribution in [0.4, 0.5) is 0 Å². The number of esters is 1. The third-order valence-electron chi connectivity index (χ3n) is 7.53. The quantitative estimate of drug-likeness (QED) is 0.257. The molecule has 6 rings (SSSR count).